The average Bonchev–Trinajstić information content (AvgIpc) is 2.65. The largest absolute Gasteiger partial charge is 0.390 e. The van der Waals surface area contributed by atoms with E-state index in [1.54, 1.807) is 0 Å². The van der Waals surface area contributed by atoms with Gasteiger partial charge >= 0.3 is 0 Å². The second-order valence-electron chi connectivity index (χ2n) is 7.30. The first-order valence-electron chi connectivity index (χ1n) is 11.1. The number of aliphatic hydroxyl groups is 1. The molecule has 4 nitrogen and oxygen atoms in total. The molecular formula is C22H44O4. The maximum absolute atomic E-state index is 10.6. The molecule has 156 valence electrons. The van der Waals surface area contributed by atoms with E-state index in [9.17, 15) is 9.90 Å². The molecule has 0 aromatic heterocycles. The van der Waals surface area contributed by atoms with Crippen LogP contribution < -0.4 is 0 Å². The molecule has 0 bridgehead atoms. The van der Waals surface area contributed by atoms with Crippen LogP contribution in [0.1, 0.15) is 104 Å². The maximum Gasteiger partial charge on any atom is 0.120 e. The van der Waals surface area contributed by atoms with E-state index in [0.29, 0.717) is 32.5 Å². The van der Waals surface area contributed by atoms with Gasteiger partial charge in [0, 0.05) is 26.2 Å². The Morgan fingerprint density at radius 3 is 1.96 bits per heavy atom. The van der Waals surface area contributed by atoms with Crippen LogP contribution in [0.3, 0.4) is 0 Å². The van der Waals surface area contributed by atoms with Crippen molar-refractivity contribution in [1.82, 2.24) is 0 Å². The van der Waals surface area contributed by atoms with Crippen molar-refractivity contribution in [3.63, 3.8) is 0 Å². The molecule has 0 rings (SSSR count). The third-order valence-corrected chi connectivity index (χ3v) is 4.76. The van der Waals surface area contributed by atoms with Crippen LogP contribution in [0.5, 0.6) is 0 Å². The van der Waals surface area contributed by atoms with Crippen LogP contribution in [0.4, 0.5) is 0 Å². The number of unbranched alkanes of at least 4 members (excludes halogenated alkanes) is 8. The summed E-state index contributed by atoms with van der Waals surface area (Å²) in [5.41, 5.74) is 0. The van der Waals surface area contributed by atoms with Crippen molar-refractivity contribution in [2.24, 2.45) is 0 Å². The highest BCUT2D eigenvalue weighted by Gasteiger charge is 2.19. The van der Waals surface area contributed by atoms with Crippen molar-refractivity contribution in [2.45, 2.75) is 116 Å². The molecule has 1 N–H and O–H groups in total. The van der Waals surface area contributed by atoms with Crippen molar-refractivity contribution in [1.29, 1.82) is 0 Å². The summed E-state index contributed by atoms with van der Waals surface area (Å²) in [4.78, 5) is 10.6. The van der Waals surface area contributed by atoms with Gasteiger partial charge in [-0.1, -0.05) is 65.2 Å². The fraction of sp³-hybridized carbons (Fsp3) is 0.955. The number of ether oxygens (including phenoxy) is 2. The predicted molar refractivity (Wildman–Crippen MR) is 109 cm³/mol. The zero-order chi connectivity index (χ0) is 19.3. The highest BCUT2D eigenvalue weighted by molar-refractivity contribution is 5.49. The van der Waals surface area contributed by atoms with E-state index >= 15 is 0 Å². The van der Waals surface area contributed by atoms with Crippen LogP contribution in [0, 0.1) is 0 Å². The van der Waals surface area contributed by atoms with Gasteiger partial charge in [-0.25, -0.2) is 0 Å². The van der Waals surface area contributed by atoms with Crippen molar-refractivity contribution >= 4 is 6.29 Å². The number of carbonyl (C=O) groups is 1. The minimum absolute atomic E-state index is 0.222. The Kier molecular flexibility index (Phi) is 20.5. The standard InChI is InChI=1S/C22H44O4/c1-3-5-7-9-11-18-25-19-14-15-21(24)22(16-13-17-23)26-20-12-10-8-6-4-2/h17,21-22,24H,3-16,18-20H2,1-2H3. The molecule has 0 saturated heterocycles. The van der Waals surface area contributed by atoms with Crippen LogP contribution in [0.2, 0.25) is 0 Å². The van der Waals surface area contributed by atoms with Gasteiger partial charge in [0.15, 0.2) is 0 Å². The minimum atomic E-state index is -0.501. The summed E-state index contributed by atoms with van der Waals surface area (Å²) in [7, 11) is 0. The van der Waals surface area contributed by atoms with Crippen LogP contribution in [-0.4, -0.2) is 43.4 Å². The van der Waals surface area contributed by atoms with Crippen LogP contribution in [0.15, 0.2) is 0 Å². The van der Waals surface area contributed by atoms with Crippen molar-refractivity contribution in [2.75, 3.05) is 19.8 Å². The van der Waals surface area contributed by atoms with Crippen molar-refractivity contribution < 1.29 is 19.4 Å². The monoisotopic (exact) mass is 372 g/mol. The molecule has 0 amide bonds. The Balaban J connectivity index is 3.75. The van der Waals surface area contributed by atoms with Crippen LogP contribution in [0.25, 0.3) is 0 Å². The summed E-state index contributed by atoms with van der Waals surface area (Å²) in [6.07, 6.45) is 15.0. The first-order chi connectivity index (χ1) is 12.8. The SMILES string of the molecule is CCCCCCCOCCCC(O)C(CCC=O)OCCCCCCC. The van der Waals surface area contributed by atoms with E-state index < -0.39 is 6.10 Å². The van der Waals surface area contributed by atoms with Gasteiger partial charge in [-0.3, -0.25) is 0 Å². The van der Waals surface area contributed by atoms with Gasteiger partial charge in [-0.2, -0.15) is 0 Å². The summed E-state index contributed by atoms with van der Waals surface area (Å²) in [6, 6.07) is 0. The van der Waals surface area contributed by atoms with E-state index in [2.05, 4.69) is 13.8 Å². The molecule has 2 atom stereocenters. The molecule has 0 spiro atoms. The number of hydrogen-bond acceptors (Lipinski definition) is 4. The van der Waals surface area contributed by atoms with E-state index in [1.807, 2.05) is 0 Å². The van der Waals surface area contributed by atoms with Gasteiger partial charge in [0.05, 0.1) is 12.2 Å². The molecule has 0 aliphatic heterocycles. The molecule has 0 aliphatic rings. The minimum Gasteiger partial charge on any atom is -0.390 e. The van der Waals surface area contributed by atoms with Crippen LogP contribution in [-0.2, 0) is 14.3 Å². The molecular weight excluding hydrogens is 328 g/mol. The van der Waals surface area contributed by atoms with E-state index in [1.165, 1.54) is 51.4 Å². The number of aldehydes is 1. The number of hydrogen-bond donors (Lipinski definition) is 1. The quantitative estimate of drug-likeness (QED) is 0.215. The summed E-state index contributed by atoms with van der Waals surface area (Å²) in [6.45, 7) is 6.63. The van der Waals surface area contributed by atoms with Gasteiger partial charge in [0.25, 0.3) is 0 Å². The zero-order valence-corrected chi connectivity index (χ0v) is 17.4. The lowest BCUT2D eigenvalue weighted by Gasteiger charge is -2.23. The Morgan fingerprint density at radius 1 is 0.769 bits per heavy atom. The Labute approximate surface area is 162 Å². The van der Waals surface area contributed by atoms with Gasteiger partial charge in [-0.05, 0) is 32.1 Å². The predicted octanol–water partition coefficient (Wildman–Crippen LogP) is 5.45. The first-order valence-corrected chi connectivity index (χ1v) is 11.1. The maximum atomic E-state index is 10.6. The fourth-order valence-electron chi connectivity index (χ4n) is 3.05. The lowest BCUT2D eigenvalue weighted by molar-refractivity contribution is -0.109. The second-order valence-corrected chi connectivity index (χ2v) is 7.30. The van der Waals surface area contributed by atoms with Crippen LogP contribution >= 0.6 is 0 Å². The molecule has 2 unspecified atom stereocenters. The smallest absolute Gasteiger partial charge is 0.120 e. The van der Waals surface area contributed by atoms with Gasteiger partial charge in [0.2, 0.25) is 0 Å². The lowest BCUT2D eigenvalue weighted by Crippen LogP contribution is -2.30. The Hall–Kier alpha value is -0.450. The van der Waals surface area contributed by atoms with Gasteiger partial charge in [-0.15, -0.1) is 0 Å². The third kappa shape index (κ3) is 17.0. The number of carbonyl (C=O) groups excluding carboxylic acids is 1. The Bertz CT molecular complexity index is 283. The molecule has 0 heterocycles. The lowest BCUT2D eigenvalue weighted by atomic mass is 10.0. The molecule has 0 saturated carbocycles. The summed E-state index contributed by atoms with van der Waals surface area (Å²) < 4.78 is 11.5. The molecule has 0 aliphatic carbocycles. The van der Waals surface area contributed by atoms with Gasteiger partial charge in [0.1, 0.15) is 6.29 Å². The highest BCUT2D eigenvalue weighted by atomic mass is 16.5. The fourth-order valence-corrected chi connectivity index (χ4v) is 3.05. The third-order valence-electron chi connectivity index (χ3n) is 4.76. The van der Waals surface area contributed by atoms with E-state index in [0.717, 1.165) is 32.2 Å². The first kappa shape index (κ1) is 25.6. The highest BCUT2D eigenvalue weighted by Crippen LogP contribution is 2.14. The summed E-state index contributed by atoms with van der Waals surface area (Å²) in [5.74, 6) is 0. The summed E-state index contributed by atoms with van der Waals surface area (Å²) >= 11 is 0. The Morgan fingerprint density at radius 2 is 1.35 bits per heavy atom. The van der Waals surface area contributed by atoms with Crippen molar-refractivity contribution in [3.05, 3.63) is 0 Å². The molecule has 4 heteroatoms. The topological polar surface area (TPSA) is 55.8 Å². The second kappa shape index (κ2) is 20.9. The van der Waals surface area contributed by atoms with E-state index in [-0.39, 0.29) is 6.10 Å². The van der Waals surface area contributed by atoms with Crippen molar-refractivity contribution in [3.8, 4) is 0 Å². The van der Waals surface area contributed by atoms with Gasteiger partial charge < -0.3 is 19.4 Å². The average molecular weight is 373 g/mol. The molecule has 26 heavy (non-hydrogen) atoms. The molecule has 0 aromatic carbocycles. The molecule has 0 fully saturated rings. The number of aliphatic hydroxyl groups excluding tert-OH is 1. The van der Waals surface area contributed by atoms with E-state index in [4.69, 9.17) is 9.47 Å². The zero-order valence-electron chi connectivity index (χ0n) is 17.4. The molecule has 0 radical (unpaired) electrons. The number of rotatable bonds is 21. The summed E-state index contributed by atoms with van der Waals surface area (Å²) in [5, 5.41) is 10.4. The normalized spacial score (nSPS) is 13.7. The molecule has 0 aromatic rings.